The number of carbonyl (C=O) groups is 2. The van der Waals surface area contributed by atoms with E-state index >= 15 is 0 Å². The van der Waals surface area contributed by atoms with Gasteiger partial charge in [0.2, 0.25) is 5.91 Å². The molecule has 0 aromatic heterocycles. The minimum atomic E-state index is -0.106. The molecule has 1 aliphatic heterocycles. The molecule has 1 heterocycles. The number of nitrogens with zero attached hydrogens (tertiary/aromatic N) is 2. The number of hydrogen-bond donors (Lipinski definition) is 2. The Bertz CT molecular complexity index is 774. The lowest BCUT2D eigenvalue weighted by Gasteiger charge is -2.34. The van der Waals surface area contributed by atoms with Crippen molar-refractivity contribution in [3.63, 3.8) is 0 Å². The van der Waals surface area contributed by atoms with Crippen LogP contribution in [0.1, 0.15) is 18.4 Å². The summed E-state index contributed by atoms with van der Waals surface area (Å²) < 4.78 is 0. The summed E-state index contributed by atoms with van der Waals surface area (Å²) in [6, 6.07) is 19.5. The Morgan fingerprint density at radius 2 is 1.59 bits per heavy atom. The van der Waals surface area contributed by atoms with Crippen molar-refractivity contribution in [2.75, 3.05) is 38.0 Å². The van der Waals surface area contributed by atoms with Crippen LogP contribution in [0.25, 0.3) is 0 Å². The van der Waals surface area contributed by atoms with Crippen molar-refractivity contribution in [1.29, 1.82) is 0 Å². The molecule has 3 rings (SSSR count). The number of likely N-dealkylation sites (tertiary alicyclic amines) is 1. The van der Waals surface area contributed by atoms with Crippen molar-refractivity contribution < 1.29 is 9.59 Å². The first kappa shape index (κ1) is 20.9. The fourth-order valence-electron chi connectivity index (χ4n) is 3.71. The summed E-state index contributed by atoms with van der Waals surface area (Å²) in [7, 11) is 0. The van der Waals surface area contributed by atoms with E-state index in [2.05, 4.69) is 17.4 Å². The van der Waals surface area contributed by atoms with Crippen LogP contribution in [0.15, 0.2) is 60.7 Å². The van der Waals surface area contributed by atoms with E-state index in [0.717, 1.165) is 12.1 Å². The van der Waals surface area contributed by atoms with Crippen molar-refractivity contribution in [1.82, 2.24) is 9.80 Å². The van der Waals surface area contributed by atoms with E-state index in [1.807, 2.05) is 53.4 Å². The normalized spacial score (nSPS) is 14.4. The van der Waals surface area contributed by atoms with Crippen LogP contribution in [0.2, 0.25) is 0 Å². The fraction of sp³-hybridized carbons (Fsp3) is 0.391. The van der Waals surface area contributed by atoms with Gasteiger partial charge in [0.05, 0.1) is 0 Å². The SMILES string of the molecule is NCCN(CCc1ccccc1)C(=O)C1CCN(C(=O)Nc2ccccc2)CC1. The van der Waals surface area contributed by atoms with Gasteiger partial charge in [-0.05, 0) is 37.0 Å². The average Bonchev–Trinajstić information content (AvgIpc) is 2.77. The number of nitrogens with one attached hydrogen (secondary N) is 1. The molecule has 0 radical (unpaired) electrons. The zero-order chi connectivity index (χ0) is 20.5. The van der Waals surface area contributed by atoms with E-state index in [0.29, 0.717) is 45.6 Å². The van der Waals surface area contributed by atoms with Crippen LogP contribution in [0.3, 0.4) is 0 Å². The van der Waals surface area contributed by atoms with Crippen LogP contribution < -0.4 is 11.1 Å². The summed E-state index contributed by atoms with van der Waals surface area (Å²) in [5, 5.41) is 2.91. The van der Waals surface area contributed by atoms with Crippen molar-refractivity contribution >= 4 is 17.6 Å². The highest BCUT2D eigenvalue weighted by molar-refractivity contribution is 5.89. The van der Waals surface area contributed by atoms with E-state index < -0.39 is 0 Å². The Morgan fingerprint density at radius 1 is 0.966 bits per heavy atom. The molecule has 3 N–H and O–H groups in total. The molecule has 6 nitrogen and oxygen atoms in total. The minimum absolute atomic E-state index is 0.0434. The Hall–Kier alpha value is -2.86. The van der Waals surface area contributed by atoms with Gasteiger partial charge in [-0.25, -0.2) is 4.79 Å². The molecule has 0 bridgehead atoms. The lowest BCUT2D eigenvalue weighted by atomic mass is 9.95. The number of amides is 3. The van der Waals surface area contributed by atoms with Crippen LogP contribution in [-0.2, 0) is 11.2 Å². The quantitative estimate of drug-likeness (QED) is 0.758. The van der Waals surface area contributed by atoms with Gasteiger partial charge in [-0.1, -0.05) is 48.5 Å². The van der Waals surface area contributed by atoms with Crippen molar-refractivity contribution in [2.24, 2.45) is 11.7 Å². The fourth-order valence-corrected chi connectivity index (χ4v) is 3.71. The number of benzene rings is 2. The second-order valence-corrected chi connectivity index (χ2v) is 7.41. The van der Waals surface area contributed by atoms with E-state index in [1.54, 1.807) is 4.90 Å². The topological polar surface area (TPSA) is 78.7 Å². The van der Waals surface area contributed by atoms with Crippen LogP contribution in [-0.4, -0.2) is 54.5 Å². The molecular formula is C23H30N4O2. The number of piperidine rings is 1. The van der Waals surface area contributed by atoms with Crippen LogP contribution in [0, 0.1) is 5.92 Å². The van der Waals surface area contributed by atoms with Crippen molar-refractivity contribution in [3.05, 3.63) is 66.2 Å². The first-order valence-corrected chi connectivity index (χ1v) is 10.3. The Kier molecular flexibility index (Phi) is 7.64. The zero-order valence-corrected chi connectivity index (χ0v) is 16.8. The number of anilines is 1. The summed E-state index contributed by atoms with van der Waals surface area (Å²) in [5.41, 5.74) is 7.75. The van der Waals surface area contributed by atoms with E-state index in [1.165, 1.54) is 5.56 Å². The molecule has 2 aromatic carbocycles. The van der Waals surface area contributed by atoms with E-state index in [-0.39, 0.29) is 17.9 Å². The summed E-state index contributed by atoms with van der Waals surface area (Å²) in [6.07, 6.45) is 2.20. The van der Waals surface area contributed by atoms with Crippen molar-refractivity contribution in [3.8, 4) is 0 Å². The highest BCUT2D eigenvalue weighted by Crippen LogP contribution is 2.21. The smallest absolute Gasteiger partial charge is 0.321 e. The van der Waals surface area contributed by atoms with Gasteiger partial charge in [0.15, 0.2) is 0 Å². The highest BCUT2D eigenvalue weighted by Gasteiger charge is 2.30. The molecule has 1 fully saturated rings. The Morgan fingerprint density at radius 3 is 2.21 bits per heavy atom. The molecular weight excluding hydrogens is 364 g/mol. The lowest BCUT2D eigenvalue weighted by molar-refractivity contribution is -0.136. The molecule has 29 heavy (non-hydrogen) atoms. The molecule has 2 aromatic rings. The van der Waals surface area contributed by atoms with Gasteiger partial charge >= 0.3 is 6.03 Å². The number of rotatable bonds is 7. The second-order valence-electron chi connectivity index (χ2n) is 7.41. The molecule has 0 spiro atoms. The molecule has 1 saturated heterocycles. The highest BCUT2D eigenvalue weighted by atomic mass is 16.2. The third kappa shape index (κ3) is 6.06. The number of carbonyl (C=O) groups excluding carboxylic acids is 2. The lowest BCUT2D eigenvalue weighted by Crippen LogP contribution is -2.47. The van der Waals surface area contributed by atoms with E-state index in [4.69, 9.17) is 5.73 Å². The van der Waals surface area contributed by atoms with Crippen LogP contribution >= 0.6 is 0 Å². The molecule has 1 aliphatic rings. The molecule has 0 unspecified atom stereocenters. The maximum atomic E-state index is 13.0. The number of nitrogens with two attached hydrogens (primary N) is 1. The first-order chi connectivity index (χ1) is 14.2. The third-order valence-electron chi connectivity index (χ3n) is 5.38. The summed E-state index contributed by atoms with van der Waals surface area (Å²) >= 11 is 0. The Labute approximate surface area is 172 Å². The minimum Gasteiger partial charge on any atom is -0.341 e. The van der Waals surface area contributed by atoms with Crippen LogP contribution in [0.4, 0.5) is 10.5 Å². The first-order valence-electron chi connectivity index (χ1n) is 10.3. The van der Waals surface area contributed by atoms with Gasteiger partial charge in [-0.2, -0.15) is 0 Å². The van der Waals surface area contributed by atoms with Crippen molar-refractivity contribution in [2.45, 2.75) is 19.3 Å². The summed E-state index contributed by atoms with van der Waals surface area (Å²) in [4.78, 5) is 29.1. The van der Waals surface area contributed by atoms with Gasteiger partial charge < -0.3 is 20.9 Å². The second kappa shape index (κ2) is 10.6. The molecule has 6 heteroatoms. The standard InChI is InChI=1S/C23H30N4O2/c24-14-18-26(15-11-19-7-3-1-4-8-19)22(28)20-12-16-27(17-13-20)23(29)25-21-9-5-2-6-10-21/h1-10,20H,11-18,24H2,(H,25,29). The monoisotopic (exact) mass is 394 g/mol. The molecule has 0 saturated carbocycles. The van der Waals surface area contributed by atoms with Gasteiger partial charge in [0, 0.05) is 44.3 Å². The molecule has 3 amide bonds. The number of hydrogen-bond acceptors (Lipinski definition) is 3. The predicted molar refractivity (Wildman–Crippen MR) is 116 cm³/mol. The maximum absolute atomic E-state index is 13.0. The predicted octanol–water partition coefficient (Wildman–Crippen LogP) is 2.96. The average molecular weight is 395 g/mol. The number of para-hydroxylation sites is 1. The Balaban J connectivity index is 1.49. The maximum Gasteiger partial charge on any atom is 0.321 e. The van der Waals surface area contributed by atoms with Gasteiger partial charge in [0.1, 0.15) is 0 Å². The molecule has 0 aliphatic carbocycles. The summed E-state index contributed by atoms with van der Waals surface area (Å²) in [5.74, 6) is 0.118. The van der Waals surface area contributed by atoms with Gasteiger partial charge in [0.25, 0.3) is 0 Å². The third-order valence-corrected chi connectivity index (χ3v) is 5.38. The van der Waals surface area contributed by atoms with Crippen LogP contribution in [0.5, 0.6) is 0 Å². The summed E-state index contributed by atoms with van der Waals surface area (Å²) in [6.45, 7) is 2.88. The number of urea groups is 1. The van der Waals surface area contributed by atoms with E-state index in [9.17, 15) is 9.59 Å². The largest absolute Gasteiger partial charge is 0.341 e. The zero-order valence-electron chi connectivity index (χ0n) is 16.8. The van der Waals surface area contributed by atoms with Gasteiger partial charge in [-0.15, -0.1) is 0 Å². The molecule has 154 valence electrons. The molecule has 0 atom stereocenters. The van der Waals surface area contributed by atoms with Gasteiger partial charge in [-0.3, -0.25) is 4.79 Å².